The molecule has 1 heterocycles. The number of halogens is 2. The van der Waals surface area contributed by atoms with Gasteiger partial charge in [-0.3, -0.25) is 4.79 Å². The number of nitrogens with one attached hydrogen (secondary N) is 2. The highest BCUT2D eigenvalue weighted by Gasteiger charge is 2.10. The molecule has 0 aliphatic carbocycles. The molecule has 0 aliphatic heterocycles. The Bertz CT molecular complexity index is 505. The van der Waals surface area contributed by atoms with Crippen LogP contribution < -0.4 is 5.32 Å². The number of anilines is 1. The molecule has 0 atom stereocenters. The van der Waals surface area contributed by atoms with Gasteiger partial charge in [-0.25, -0.2) is 4.98 Å². The van der Waals surface area contributed by atoms with Gasteiger partial charge in [-0.2, -0.15) is 0 Å². The van der Waals surface area contributed by atoms with E-state index in [1.165, 1.54) is 6.33 Å². The normalized spacial score (nSPS) is 10.2. The Morgan fingerprint density at radius 1 is 1.35 bits per heavy atom. The van der Waals surface area contributed by atoms with Gasteiger partial charge in [0.25, 0.3) is 0 Å². The summed E-state index contributed by atoms with van der Waals surface area (Å²) in [5.41, 5.74) is 1.16. The van der Waals surface area contributed by atoms with Gasteiger partial charge in [0.15, 0.2) is 0 Å². The Morgan fingerprint density at radius 2 is 2.06 bits per heavy atom. The van der Waals surface area contributed by atoms with E-state index in [1.54, 1.807) is 24.4 Å². The maximum absolute atomic E-state index is 11.7. The summed E-state index contributed by atoms with van der Waals surface area (Å²) in [6.45, 7) is 0. The van der Waals surface area contributed by atoms with Crippen molar-refractivity contribution in [3.05, 3.63) is 46.5 Å². The van der Waals surface area contributed by atoms with Crippen molar-refractivity contribution < 1.29 is 4.79 Å². The van der Waals surface area contributed by atoms with Crippen LogP contribution in [0.25, 0.3) is 0 Å². The van der Waals surface area contributed by atoms with Crippen LogP contribution in [-0.4, -0.2) is 15.9 Å². The van der Waals surface area contributed by atoms with E-state index in [2.05, 4.69) is 15.3 Å². The van der Waals surface area contributed by atoms with Gasteiger partial charge in [0.2, 0.25) is 5.91 Å². The topological polar surface area (TPSA) is 57.8 Å². The summed E-state index contributed by atoms with van der Waals surface area (Å²) in [4.78, 5) is 18.4. The molecule has 0 unspecified atom stereocenters. The van der Waals surface area contributed by atoms with Crippen LogP contribution in [0.3, 0.4) is 0 Å². The van der Waals surface area contributed by atoms with Crippen LogP contribution in [-0.2, 0) is 11.2 Å². The van der Waals surface area contributed by atoms with E-state index in [1.807, 2.05) is 0 Å². The number of carbonyl (C=O) groups excluding carboxylic acids is 1. The molecule has 0 radical (unpaired) electrons. The second-order valence-corrected chi connectivity index (χ2v) is 4.21. The number of rotatable bonds is 3. The van der Waals surface area contributed by atoms with Crippen LogP contribution in [0.15, 0.2) is 30.7 Å². The quantitative estimate of drug-likeness (QED) is 0.900. The lowest BCUT2D eigenvalue weighted by atomic mass is 10.2. The number of hydrogen-bond acceptors (Lipinski definition) is 2. The zero-order valence-electron chi connectivity index (χ0n) is 8.71. The lowest BCUT2D eigenvalue weighted by molar-refractivity contribution is -0.115. The molecule has 88 valence electrons. The minimum absolute atomic E-state index is 0.196. The largest absolute Gasteiger partial charge is 0.348 e. The van der Waals surface area contributed by atoms with Crippen molar-refractivity contribution in [2.24, 2.45) is 0 Å². The van der Waals surface area contributed by atoms with Gasteiger partial charge in [-0.1, -0.05) is 29.3 Å². The molecule has 0 saturated carbocycles. The number of para-hydroxylation sites is 1. The minimum Gasteiger partial charge on any atom is -0.348 e. The Morgan fingerprint density at radius 3 is 2.65 bits per heavy atom. The molecular formula is C11H9Cl2N3O. The van der Waals surface area contributed by atoms with Crippen LogP contribution in [0.5, 0.6) is 0 Å². The number of imidazole rings is 1. The van der Waals surface area contributed by atoms with E-state index in [4.69, 9.17) is 23.2 Å². The second kappa shape index (κ2) is 5.21. The van der Waals surface area contributed by atoms with Crippen molar-refractivity contribution in [3.63, 3.8) is 0 Å². The molecule has 0 bridgehead atoms. The fraction of sp³-hybridized carbons (Fsp3) is 0.0909. The molecule has 0 fully saturated rings. The third-order valence-electron chi connectivity index (χ3n) is 2.13. The highest BCUT2D eigenvalue weighted by atomic mass is 35.5. The van der Waals surface area contributed by atoms with Crippen LogP contribution in [0, 0.1) is 0 Å². The van der Waals surface area contributed by atoms with Crippen molar-refractivity contribution in [3.8, 4) is 0 Å². The molecule has 0 spiro atoms. The molecule has 1 amide bonds. The summed E-state index contributed by atoms with van der Waals surface area (Å²) in [5, 5.41) is 3.49. The van der Waals surface area contributed by atoms with E-state index in [0.717, 1.165) is 5.69 Å². The molecule has 1 aromatic carbocycles. The Hall–Kier alpha value is -1.52. The highest BCUT2D eigenvalue weighted by Crippen LogP contribution is 2.29. The predicted molar refractivity (Wildman–Crippen MR) is 67.4 cm³/mol. The number of carbonyl (C=O) groups is 1. The standard InChI is InChI=1S/C11H9Cl2N3O/c12-8-2-1-3-9(13)11(8)16-10(17)4-7-5-14-6-15-7/h1-3,5-6H,4H2,(H,14,15)(H,16,17). The summed E-state index contributed by atoms with van der Waals surface area (Å²) >= 11 is 11.9. The molecule has 2 N–H and O–H groups in total. The zero-order valence-corrected chi connectivity index (χ0v) is 10.2. The molecule has 0 saturated heterocycles. The lowest BCUT2D eigenvalue weighted by Gasteiger charge is -2.08. The number of amides is 1. The molecule has 2 aromatic rings. The van der Waals surface area contributed by atoms with Gasteiger partial charge >= 0.3 is 0 Å². The smallest absolute Gasteiger partial charge is 0.230 e. The third kappa shape index (κ3) is 2.99. The average Bonchev–Trinajstić information content (AvgIpc) is 2.76. The van der Waals surface area contributed by atoms with E-state index in [-0.39, 0.29) is 12.3 Å². The Kier molecular flexibility index (Phi) is 3.66. The second-order valence-electron chi connectivity index (χ2n) is 3.40. The van der Waals surface area contributed by atoms with Crippen molar-refractivity contribution in [2.45, 2.75) is 6.42 Å². The van der Waals surface area contributed by atoms with Gasteiger partial charge < -0.3 is 10.3 Å². The maximum Gasteiger partial charge on any atom is 0.230 e. The first kappa shape index (κ1) is 12.0. The molecular weight excluding hydrogens is 261 g/mol. The predicted octanol–water partition coefficient (Wildman–Crippen LogP) is 2.90. The van der Waals surface area contributed by atoms with E-state index < -0.39 is 0 Å². The summed E-state index contributed by atoms with van der Waals surface area (Å²) in [6, 6.07) is 5.05. The summed E-state index contributed by atoms with van der Waals surface area (Å²) in [5.74, 6) is -0.204. The maximum atomic E-state index is 11.7. The van der Waals surface area contributed by atoms with Gasteiger partial charge in [0.1, 0.15) is 0 Å². The molecule has 0 aliphatic rings. The van der Waals surface area contributed by atoms with Gasteiger partial charge in [0.05, 0.1) is 28.5 Å². The fourth-order valence-corrected chi connectivity index (χ4v) is 1.85. The number of benzene rings is 1. The minimum atomic E-state index is -0.204. The molecule has 2 rings (SSSR count). The van der Waals surface area contributed by atoms with Crippen molar-refractivity contribution >= 4 is 34.8 Å². The summed E-state index contributed by atoms with van der Waals surface area (Å²) < 4.78 is 0. The van der Waals surface area contributed by atoms with Crippen molar-refractivity contribution in [2.75, 3.05) is 5.32 Å². The van der Waals surface area contributed by atoms with Gasteiger partial charge in [-0.15, -0.1) is 0 Å². The van der Waals surface area contributed by atoms with E-state index in [9.17, 15) is 4.79 Å². The zero-order chi connectivity index (χ0) is 12.3. The fourth-order valence-electron chi connectivity index (χ4n) is 1.36. The number of nitrogens with zero attached hydrogens (tertiary/aromatic N) is 1. The van der Waals surface area contributed by atoms with Gasteiger partial charge in [-0.05, 0) is 12.1 Å². The van der Waals surface area contributed by atoms with E-state index in [0.29, 0.717) is 15.7 Å². The molecule has 1 aromatic heterocycles. The molecule has 6 heteroatoms. The Labute approximate surface area is 108 Å². The first-order valence-electron chi connectivity index (χ1n) is 4.88. The number of aromatic amines is 1. The first-order valence-corrected chi connectivity index (χ1v) is 5.63. The first-order chi connectivity index (χ1) is 8.16. The lowest BCUT2D eigenvalue weighted by Crippen LogP contribution is -2.15. The third-order valence-corrected chi connectivity index (χ3v) is 2.76. The highest BCUT2D eigenvalue weighted by molar-refractivity contribution is 6.39. The van der Waals surface area contributed by atoms with Crippen LogP contribution >= 0.6 is 23.2 Å². The van der Waals surface area contributed by atoms with Crippen LogP contribution in [0.1, 0.15) is 5.69 Å². The monoisotopic (exact) mass is 269 g/mol. The summed E-state index contributed by atoms with van der Waals surface area (Å²) in [6.07, 6.45) is 3.31. The number of hydrogen-bond donors (Lipinski definition) is 2. The van der Waals surface area contributed by atoms with Crippen molar-refractivity contribution in [1.82, 2.24) is 9.97 Å². The van der Waals surface area contributed by atoms with Crippen LogP contribution in [0.4, 0.5) is 5.69 Å². The average molecular weight is 270 g/mol. The van der Waals surface area contributed by atoms with E-state index >= 15 is 0 Å². The molecule has 17 heavy (non-hydrogen) atoms. The van der Waals surface area contributed by atoms with Crippen LogP contribution in [0.2, 0.25) is 10.0 Å². The van der Waals surface area contributed by atoms with Gasteiger partial charge in [0, 0.05) is 11.9 Å². The Balaban J connectivity index is 2.08. The summed E-state index contributed by atoms with van der Waals surface area (Å²) in [7, 11) is 0. The number of aromatic nitrogens is 2. The number of H-pyrrole nitrogens is 1. The molecule has 4 nitrogen and oxygen atoms in total. The van der Waals surface area contributed by atoms with Crippen molar-refractivity contribution in [1.29, 1.82) is 0 Å². The SMILES string of the molecule is O=C(Cc1cnc[nH]1)Nc1c(Cl)cccc1Cl.